The number of hydrogen-bond acceptors (Lipinski definition) is 6. The molecule has 1 fully saturated rings. The van der Waals surface area contributed by atoms with Crippen molar-refractivity contribution in [3.8, 4) is 11.5 Å². The van der Waals surface area contributed by atoms with Crippen molar-refractivity contribution in [2.45, 2.75) is 45.4 Å². The molecule has 2 heterocycles. The number of ether oxygens (including phenoxy) is 2. The number of carbonyl (C=O) groups is 1. The number of nitrogens with one attached hydrogen (secondary N) is 1. The van der Waals surface area contributed by atoms with E-state index >= 15 is 0 Å². The molecule has 1 amide bonds. The molecule has 3 rings (SSSR count). The van der Waals surface area contributed by atoms with Gasteiger partial charge in [0.05, 0.1) is 20.8 Å². The number of hydrogen-bond donors (Lipinski definition) is 2. The molecule has 7 nitrogen and oxygen atoms in total. The Morgan fingerprint density at radius 2 is 2.07 bits per heavy atom. The maximum atomic E-state index is 12.4. The van der Waals surface area contributed by atoms with E-state index in [-0.39, 0.29) is 12.5 Å². The lowest BCUT2D eigenvalue weighted by Gasteiger charge is -2.32. The van der Waals surface area contributed by atoms with Gasteiger partial charge in [-0.15, -0.1) is 0 Å². The molecule has 0 spiro atoms. The third-order valence-corrected chi connectivity index (χ3v) is 5.61. The zero-order chi connectivity index (χ0) is 21.3. The van der Waals surface area contributed by atoms with Crippen LogP contribution in [0.4, 0.5) is 0 Å². The van der Waals surface area contributed by atoms with Crippen LogP contribution < -0.4 is 14.8 Å². The number of rotatable bonds is 10. The monoisotopic (exact) mass is 416 g/mol. The summed E-state index contributed by atoms with van der Waals surface area (Å²) in [5.74, 6) is 3.48. The second-order valence-corrected chi connectivity index (χ2v) is 7.76. The van der Waals surface area contributed by atoms with Crippen molar-refractivity contribution < 1.29 is 23.8 Å². The summed E-state index contributed by atoms with van der Waals surface area (Å²) in [4.78, 5) is 14.7. The second kappa shape index (κ2) is 11.0. The second-order valence-electron chi connectivity index (χ2n) is 7.76. The fourth-order valence-corrected chi connectivity index (χ4v) is 3.96. The number of piperidine rings is 1. The van der Waals surface area contributed by atoms with Gasteiger partial charge in [0.2, 0.25) is 5.91 Å². The van der Waals surface area contributed by atoms with Crippen LogP contribution in [0.3, 0.4) is 0 Å². The van der Waals surface area contributed by atoms with E-state index in [1.807, 2.05) is 30.3 Å². The van der Waals surface area contributed by atoms with Crippen molar-refractivity contribution in [1.82, 2.24) is 10.2 Å². The van der Waals surface area contributed by atoms with E-state index in [2.05, 4.69) is 10.2 Å². The standard InChI is InChI=1S/C23H32N2O5/c1-28-19-7-6-18(22(12-19)29-2)13-24-23(27)10-5-17-4-3-11-25(14-17)15-20-8-9-21(16-26)30-20/h6-9,12,17,26H,3-5,10-11,13-16H2,1-2H3,(H,24,27)/t17-/m0/s1. The van der Waals surface area contributed by atoms with Crippen molar-refractivity contribution in [1.29, 1.82) is 0 Å². The number of furan rings is 1. The number of carbonyl (C=O) groups excluding carboxylic acids is 1. The van der Waals surface area contributed by atoms with Gasteiger partial charge in [0.25, 0.3) is 0 Å². The van der Waals surface area contributed by atoms with Gasteiger partial charge in [0.1, 0.15) is 29.6 Å². The van der Waals surface area contributed by atoms with Crippen molar-refractivity contribution >= 4 is 5.91 Å². The van der Waals surface area contributed by atoms with Crippen LogP contribution in [0.1, 0.15) is 42.8 Å². The first-order chi connectivity index (χ1) is 14.6. The van der Waals surface area contributed by atoms with Crippen LogP contribution in [0, 0.1) is 5.92 Å². The Balaban J connectivity index is 1.42. The fourth-order valence-electron chi connectivity index (χ4n) is 3.96. The molecule has 1 atom stereocenters. The zero-order valence-corrected chi connectivity index (χ0v) is 17.9. The third kappa shape index (κ3) is 6.24. The van der Waals surface area contributed by atoms with Crippen molar-refractivity contribution in [3.63, 3.8) is 0 Å². The van der Waals surface area contributed by atoms with Crippen LogP contribution in [0.15, 0.2) is 34.7 Å². The minimum absolute atomic E-state index is 0.0589. The summed E-state index contributed by atoms with van der Waals surface area (Å²) >= 11 is 0. The summed E-state index contributed by atoms with van der Waals surface area (Å²) in [6.07, 6.45) is 3.67. The van der Waals surface area contributed by atoms with Crippen molar-refractivity contribution in [2.75, 3.05) is 27.3 Å². The number of likely N-dealkylation sites (tertiary alicyclic amines) is 1. The van der Waals surface area contributed by atoms with Gasteiger partial charge in [-0.05, 0) is 56.0 Å². The molecule has 0 radical (unpaired) electrons. The van der Waals surface area contributed by atoms with Crippen molar-refractivity contribution in [2.24, 2.45) is 5.92 Å². The van der Waals surface area contributed by atoms with Crippen LogP contribution in [0.2, 0.25) is 0 Å². The molecule has 1 aliphatic rings. The molecule has 1 aromatic carbocycles. The Kier molecular flexibility index (Phi) is 8.16. The average Bonchev–Trinajstić information content (AvgIpc) is 3.23. The summed E-state index contributed by atoms with van der Waals surface area (Å²) in [5, 5.41) is 12.1. The van der Waals surface area contributed by atoms with Crippen LogP contribution >= 0.6 is 0 Å². The van der Waals surface area contributed by atoms with Gasteiger partial charge >= 0.3 is 0 Å². The lowest BCUT2D eigenvalue weighted by atomic mass is 9.93. The summed E-state index contributed by atoms with van der Waals surface area (Å²) in [6.45, 7) is 3.12. The van der Waals surface area contributed by atoms with Gasteiger partial charge < -0.3 is 24.3 Å². The average molecular weight is 417 g/mol. The maximum Gasteiger partial charge on any atom is 0.220 e. The smallest absolute Gasteiger partial charge is 0.220 e. The Morgan fingerprint density at radius 1 is 1.23 bits per heavy atom. The van der Waals surface area contributed by atoms with E-state index in [0.717, 1.165) is 56.0 Å². The molecule has 0 aliphatic carbocycles. The van der Waals surface area contributed by atoms with E-state index in [0.29, 0.717) is 30.4 Å². The first kappa shape index (κ1) is 22.2. The highest BCUT2D eigenvalue weighted by Crippen LogP contribution is 2.25. The molecule has 0 unspecified atom stereocenters. The third-order valence-electron chi connectivity index (χ3n) is 5.61. The molecular formula is C23H32N2O5. The van der Waals surface area contributed by atoms with Gasteiger partial charge in [-0.3, -0.25) is 9.69 Å². The van der Waals surface area contributed by atoms with E-state index < -0.39 is 0 Å². The molecule has 1 aromatic heterocycles. The van der Waals surface area contributed by atoms with Gasteiger partial charge in [-0.25, -0.2) is 0 Å². The fraction of sp³-hybridized carbons (Fsp3) is 0.522. The minimum atomic E-state index is -0.0693. The molecule has 2 N–H and O–H groups in total. The summed E-state index contributed by atoms with van der Waals surface area (Å²) in [7, 11) is 3.23. The SMILES string of the molecule is COc1ccc(CNC(=O)CC[C@@H]2CCCN(Cc3ccc(CO)o3)C2)c(OC)c1. The predicted octanol–water partition coefficient (Wildman–Crippen LogP) is 3.10. The number of benzene rings is 1. The van der Waals surface area contributed by atoms with E-state index in [1.54, 1.807) is 14.2 Å². The molecule has 0 saturated carbocycles. The largest absolute Gasteiger partial charge is 0.497 e. The van der Waals surface area contributed by atoms with E-state index in [4.69, 9.17) is 19.0 Å². The van der Waals surface area contributed by atoms with E-state index in [9.17, 15) is 4.79 Å². The molecular weight excluding hydrogens is 384 g/mol. The van der Waals surface area contributed by atoms with Crippen LogP contribution in [-0.2, 0) is 24.5 Å². The number of aliphatic hydroxyl groups excluding tert-OH is 1. The van der Waals surface area contributed by atoms with Crippen LogP contribution in [0.5, 0.6) is 11.5 Å². The molecule has 30 heavy (non-hydrogen) atoms. The molecule has 7 heteroatoms. The van der Waals surface area contributed by atoms with Crippen LogP contribution in [-0.4, -0.2) is 43.2 Å². The molecule has 1 aliphatic heterocycles. The first-order valence-electron chi connectivity index (χ1n) is 10.5. The lowest BCUT2D eigenvalue weighted by molar-refractivity contribution is -0.121. The normalized spacial score (nSPS) is 17.0. The number of methoxy groups -OCH3 is 2. The highest BCUT2D eigenvalue weighted by atomic mass is 16.5. The van der Waals surface area contributed by atoms with Gasteiger partial charge in [-0.2, -0.15) is 0 Å². The van der Waals surface area contributed by atoms with Crippen molar-refractivity contribution in [3.05, 3.63) is 47.4 Å². The minimum Gasteiger partial charge on any atom is -0.497 e. The predicted molar refractivity (Wildman–Crippen MR) is 113 cm³/mol. The highest BCUT2D eigenvalue weighted by molar-refractivity contribution is 5.75. The number of amides is 1. The maximum absolute atomic E-state index is 12.4. The Morgan fingerprint density at radius 3 is 2.80 bits per heavy atom. The Hall–Kier alpha value is -2.51. The van der Waals surface area contributed by atoms with Crippen LogP contribution in [0.25, 0.3) is 0 Å². The summed E-state index contributed by atoms with van der Waals surface area (Å²) in [6, 6.07) is 9.34. The van der Waals surface area contributed by atoms with Gasteiger partial charge in [0, 0.05) is 31.1 Å². The summed E-state index contributed by atoms with van der Waals surface area (Å²) < 4.78 is 16.2. The molecule has 164 valence electrons. The zero-order valence-electron chi connectivity index (χ0n) is 17.9. The lowest BCUT2D eigenvalue weighted by Crippen LogP contribution is -2.35. The Bertz CT molecular complexity index is 820. The number of aliphatic hydroxyl groups is 1. The Labute approximate surface area is 178 Å². The van der Waals surface area contributed by atoms with Gasteiger partial charge in [-0.1, -0.05) is 0 Å². The quantitative estimate of drug-likeness (QED) is 0.619. The summed E-state index contributed by atoms with van der Waals surface area (Å²) in [5.41, 5.74) is 0.927. The molecule has 1 saturated heterocycles. The topological polar surface area (TPSA) is 84.2 Å². The first-order valence-corrected chi connectivity index (χ1v) is 10.5. The number of nitrogens with zero attached hydrogens (tertiary/aromatic N) is 1. The van der Waals surface area contributed by atoms with E-state index in [1.165, 1.54) is 0 Å². The van der Waals surface area contributed by atoms with Gasteiger partial charge in [0.15, 0.2) is 0 Å². The highest BCUT2D eigenvalue weighted by Gasteiger charge is 2.21. The molecule has 0 bridgehead atoms. The molecule has 2 aromatic rings.